The van der Waals surface area contributed by atoms with Crippen LogP contribution in [0.15, 0.2) is 48.6 Å². The SMILES string of the molecule is COc1ccc(/C(C)=C\C(=O)O)c(OC)c1.COc1ccc(/C(C)=C\C(=O)O)c(OC)c1.[Mg]. The van der Waals surface area contributed by atoms with Crippen molar-refractivity contribution in [2.75, 3.05) is 28.4 Å². The molecular formula is C24H28MgO8. The lowest BCUT2D eigenvalue weighted by atomic mass is 10.1. The number of carboxylic acid groups (broad SMARTS) is 2. The Balaban J connectivity index is 0.000000602. The lowest BCUT2D eigenvalue weighted by molar-refractivity contribution is -0.132. The smallest absolute Gasteiger partial charge is 0.328 e. The Morgan fingerprint density at radius 2 is 1.00 bits per heavy atom. The third-order valence-corrected chi connectivity index (χ3v) is 4.35. The van der Waals surface area contributed by atoms with E-state index in [9.17, 15) is 9.59 Å². The Morgan fingerprint density at radius 3 is 1.24 bits per heavy atom. The summed E-state index contributed by atoms with van der Waals surface area (Å²) in [5.41, 5.74) is 2.75. The Labute approximate surface area is 209 Å². The molecule has 2 aromatic carbocycles. The van der Waals surface area contributed by atoms with E-state index in [2.05, 4.69) is 0 Å². The summed E-state index contributed by atoms with van der Waals surface area (Å²) < 4.78 is 20.5. The van der Waals surface area contributed by atoms with Crippen molar-refractivity contribution >= 4 is 46.1 Å². The van der Waals surface area contributed by atoms with Crippen molar-refractivity contribution in [2.45, 2.75) is 13.8 Å². The molecule has 9 heteroatoms. The highest BCUT2D eigenvalue weighted by atomic mass is 24.3. The second kappa shape index (κ2) is 14.8. The number of carbonyl (C=O) groups is 2. The van der Waals surface area contributed by atoms with Gasteiger partial charge in [0.1, 0.15) is 23.0 Å². The Kier molecular flexibility index (Phi) is 13.4. The quantitative estimate of drug-likeness (QED) is 0.441. The molecule has 0 spiro atoms. The first-order valence-corrected chi connectivity index (χ1v) is 9.44. The van der Waals surface area contributed by atoms with Crippen LogP contribution in [-0.4, -0.2) is 73.6 Å². The van der Waals surface area contributed by atoms with Crippen LogP contribution < -0.4 is 18.9 Å². The molecule has 0 bridgehead atoms. The lowest BCUT2D eigenvalue weighted by Gasteiger charge is -2.10. The van der Waals surface area contributed by atoms with Gasteiger partial charge in [-0.2, -0.15) is 0 Å². The molecule has 0 amide bonds. The third-order valence-electron chi connectivity index (χ3n) is 4.35. The molecule has 0 aliphatic carbocycles. The van der Waals surface area contributed by atoms with Gasteiger partial charge in [0.2, 0.25) is 0 Å². The predicted molar refractivity (Wildman–Crippen MR) is 127 cm³/mol. The van der Waals surface area contributed by atoms with Gasteiger partial charge in [0.05, 0.1) is 28.4 Å². The molecule has 2 radical (unpaired) electrons. The first kappa shape index (κ1) is 29.8. The van der Waals surface area contributed by atoms with Gasteiger partial charge in [0.25, 0.3) is 0 Å². The van der Waals surface area contributed by atoms with Gasteiger partial charge in [-0.3, -0.25) is 0 Å². The fourth-order valence-corrected chi connectivity index (χ4v) is 2.77. The summed E-state index contributed by atoms with van der Waals surface area (Å²) in [5, 5.41) is 17.3. The second-order valence-electron chi connectivity index (χ2n) is 6.46. The summed E-state index contributed by atoms with van der Waals surface area (Å²) in [6.45, 7) is 3.44. The van der Waals surface area contributed by atoms with Gasteiger partial charge in [-0.05, 0) is 49.3 Å². The maximum Gasteiger partial charge on any atom is 0.328 e. The molecule has 8 nitrogen and oxygen atoms in total. The fraction of sp³-hybridized carbons (Fsp3) is 0.250. The van der Waals surface area contributed by atoms with Gasteiger partial charge >= 0.3 is 11.9 Å². The van der Waals surface area contributed by atoms with E-state index in [0.29, 0.717) is 34.1 Å². The highest BCUT2D eigenvalue weighted by Crippen LogP contribution is 2.30. The average molecular weight is 469 g/mol. The zero-order valence-electron chi connectivity index (χ0n) is 19.7. The van der Waals surface area contributed by atoms with E-state index in [4.69, 9.17) is 29.2 Å². The molecule has 0 saturated heterocycles. The van der Waals surface area contributed by atoms with E-state index in [-0.39, 0.29) is 23.1 Å². The molecule has 0 aliphatic rings. The number of carboxylic acids is 2. The Morgan fingerprint density at radius 1 is 0.667 bits per heavy atom. The Bertz CT molecular complexity index is 930. The number of hydrogen-bond acceptors (Lipinski definition) is 6. The van der Waals surface area contributed by atoms with Gasteiger partial charge in [-0.15, -0.1) is 0 Å². The molecule has 0 aliphatic heterocycles. The number of benzene rings is 2. The number of rotatable bonds is 8. The first-order chi connectivity index (χ1) is 15.2. The third kappa shape index (κ3) is 9.46. The number of aliphatic carboxylic acids is 2. The van der Waals surface area contributed by atoms with E-state index in [1.807, 2.05) is 0 Å². The van der Waals surface area contributed by atoms with Gasteiger partial charge in [0, 0.05) is 58.5 Å². The fourth-order valence-electron chi connectivity index (χ4n) is 2.77. The zero-order valence-corrected chi connectivity index (χ0v) is 21.1. The maximum absolute atomic E-state index is 10.6. The van der Waals surface area contributed by atoms with Gasteiger partial charge in [0.15, 0.2) is 0 Å². The molecule has 174 valence electrons. The maximum atomic E-state index is 10.6. The van der Waals surface area contributed by atoms with Crippen LogP contribution in [-0.2, 0) is 9.59 Å². The number of ether oxygens (including phenoxy) is 4. The monoisotopic (exact) mass is 468 g/mol. The molecule has 2 N–H and O–H groups in total. The summed E-state index contributed by atoms with van der Waals surface area (Å²) in [6, 6.07) is 10.5. The summed E-state index contributed by atoms with van der Waals surface area (Å²) in [6.07, 6.45) is 2.29. The van der Waals surface area contributed by atoms with Crippen LogP contribution in [0.2, 0.25) is 0 Å². The Hall–Kier alpha value is -3.17. The minimum Gasteiger partial charge on any atom is -0.497 e. The van der Waals surface area contributed by atoms with E-state index in [1.165, 1.54) is 14.2 Å². The molecule has 0 aromatic heterocycles. The van der Waals surface area contributed by atoms with Crippen LogP contribution in [0.4, 0.5) is 0 Å². The minimum absolute atomic E-state index is 0. The number of methoxy groups -OCH3 is 4. The van der Waals surface area contributed by atoms with Crippen LogP contribution >= 0.6 is 0 Å². The molecule has 33 heavy (non-hydrogen) atoms. The summed E-state index contributed by atoms with van der Waals surface area (Å²) in [5.74, 6) is 0.571. The topological polar surface area (TPSA) is 112 Å². The molecule has 0 fully saturated rings. The van der Waals surface area contributed by atoms with E-state index in [0.717, 1.165) is 23.3 Å². The van der Waals surface area contributed by atoms with Crippen molar-refractivity contribution in [3.05, 3.63) is 59.7 Å². The summed E-state index contributed by atoms with van der Waals surface area (Å²) in [7, 11) is 6.20. The van der Waals surface area contributed by atoms with Crippen molar-refractivity contribution in [1.82, 2.24) is 0 Å². The van der Waals surface area contributed by atoms with Gasteiger partial charge in [-0.1, -0.05) is 0 Å². The molecule has 0 saturated carbocycles. The van der Waals surface area contributed by atoms with Crippen LogP contribution in [0, 0.1) is 0 Å². The summed E-state index contributed by atoms with van der Waals surface area (Å²) in [4.78, 5) is 21.1. The highest BCUT2D eigenvalue weighted by molar-refractivity contribution is 5.91. The van der Waals surface area contributed by atoms with Gasteiger partial charge in [-0.25, -0.2) is 9.59 Å². The lowest BCUT2D eigenvalue weighted by Crippen LogP contribution is -1.94. The molecule has 2 aromatic rings. The van der Waals surface area contributed by atoms with Crippen LogP contribution in [0.1, 0.15) is 25.0 Å². The van der Waals surface area contributed by atoms with E-state index in [1.54, 1.807) is 64.5 Å². The van der Waals surface area contributed by atoms with Crippen molar-refractivity contribution in [3.8, 4) is 23.0 Å². The molecular weight excluding hydrogens is 441 g/mol. The zero-order chi connectivity index (χ0) is 24.3. The normalized spacial score (nSPS) is 10.7. The molecule has 0 heterocycles. The minimum atomic E-state index is -0.977. The molecule has 2 rings (SSSR count). The standard InChI is InChI=1S/2C12H14O4.Mg/c2*1-8(6-12(13)14)10-5-4-9(15-2)7-11(10)16-3;/h2*4-7H,1-3H3,(H,13,14);/b2*8-6-;. The van der Waals surface area contributed by atoms with Crippen molar-refractivity contribution in [2.24, 2.45) is 0 Å². The van der Waals surface area contributed by atoms with Crippen molar-refractivity contribution in [3.63, 3.8) is 0 Å². The largest absolute Gasteiger partial charge is 0.497 e. The number of hydrogen-bond donors (Lipinski definition) is 2. The van der Waals surface area contributed by atoms with E-state index >= 15 is 0 Å². The van der Waals surface area contributed by atoms with Crippen molar-refractivity contribution < 1.29 is 38.7 Å². The van der Waals surface area contributed by atoms with E-state index < -0.39 is 11.9 Å². The van der Waals surface area contributed by atoms with Crippen molar-refractivity contribution in [1.29, 1.82) is 0 Å². The van der Waals surface area contributed by atoms with Crippen LogP contribution in [0.3, 0.4) is 0 Å². The van der Waals surface area contributed by atoms with Crippen LogP contribution in [0.25, 0.3) is 11.1 Å². The average Bonchev–Trinajstić information content (AvgIpc) is 2.77. The highest BCUT2D eigenvalue weighted by Gasteiger charge is 2.08. The molecule has 0 atom stereocenters. The van der Waals surface area contributed by atoms with Gasteiger partial charge < -0.3 is 29.2 Å². The predicted octanol–water partition coefficient (Wildman–Crippen LogP) is 4.00. The molecule has 0 unspecified atom stereocenters. The summed E-state index contributed by atoms with van der Waals surface area (Å²) >= 11 is 0. The first-order valence-electron chi connectivity index (χ1n) is 9.44. The number of allylic oxidation sites excluding steroid dienone is 2. The second-order valence-corrected chi connectivity index (χ2v) is 6.46. The van der Waals surface area contributed by atoms with Crippen LogP contribution in [0.5, 0.6) is 23.0 Å².